The Kier molecular flexibility index (Phi) is 5.61. The number of aliphatic hydroxyl groups is 1. The van der Waals surface area contributed by atoms with Crippen LogP contribution in [0.4, 0.5) is 5.69 Å². The van der Waals surface area contributed by atoms with Gasteiger partial charge in [0.25, 0.3) is 0 Å². The van der Waals surface area contributed by atoms with Crippen molar-refractivity contribution in [3.05, 3.63) is 29.4 Å². The zero-order valence-corrected chi connectivity index (χ0v) is 11.6. The number of benzene rings is 1. The Labute approximate surface area is 111 Å². The molecule has 4 nitrogen and oxygen atoms in total. The van der Waals surface area contributed by atoms with E-state index >= 15 is 0 Å². The number of hydrogen-bond donors (Lipinski definition) is 2. The number of rotatable bonds is 2. The molecule has 1 heterocycles. The fraction of sp³-hybridized carbons (Fsp3) is 0.308. The molecule has 0 aliphatic carbocycles. The van der Waals surface area contributed by atoms with Crippen LogP contribution in [0.2, 0.25) is 0 Å². The van der Waals surface area contributed by atoms with E-state index in [1.54, 1.807) is 25.4 Å². The van der Waals surface area contributed by atoms with Crippen molar-refractivity contribution in [1.29, 1.82) is 0 Å². The van der Waals surface area contributed by atoms with Gasteiger partial charge in [-0.2, -0.15) is 0 Å². The van der Waals surface area contributed by atoms with Gasteiger partial charge in [-0.1, -0.05) is 0 Å². The number of thiazole rings is 1. The van der Waals surface area contributed by atoms with Gasteiger partial charge in [-0.25, -0.2) is 4.98 Å². The van der Waals surface area contributed by atoms with Crippen LogP contribution in [0.3, 0.4) is 0 Å². The van der Waals surface area contributed by atoms with Crippen LogP contribution >= 0.6 is 11.3 Å². The summed E-state index contributed by atoms with van der Waals surface area (Å²) in [5.41, 5.74) is 7.44. The van der Waals surface area contributed by atoms with E-state index in [0.29, 0.717) is 5.69 Å². The summed E-state index contributed by atoms with van der Waals surface area (Å²) in [6.07, 6.45) is 1.86. The second kappa shape index (κ2) is 6.98. The predicted molar refractivity (Wildman–Crippen MR) is 76.0 cm³/mol. The SMILES string of the molecule is CCO.COc1cc(N)ccc1-c1cnc(C)s1. The minimum Gasteiger partial charge on any atom is -0.496 e. The predicted octanol–water partition coefficient (Wildman–Crippen LogP) is 2.71. The van der Waals surface area contributed by atoms with E-state index in [1.165, 1.54) is 0 Å². The molecule has 0 bridgehead atoms. The van der Waals surface area contributed by atoms with Crippen LogP contribution in [0, 0.1) is 6.92 Å². The Balaban J connectivity index is 0.000000492. The van der Waals surface area contributed by atoms with E-state index in [4.69, 9.17) is 15.6 Å². The summed E-state index contributed by atoms with van der Waals surface area (Å²) in [5, 5.41) is 8.61. The molecule has 3 N–H and O–H groups in total. The van der Waals surface area contributed by atoms with Crippen LogP contribution in [-0.2, 0) is 0 Å². The Morgan fingerprint density at radius 1 is 1.44 bits per heavy atom. The lowest BCUT2D eigenvalue weighted by atomic mass is 10.1. The van der Waals surface area contributed by atoms with Crippen molar-refractivity contribution in [2.75, 3.05) is 19.5 Å². The minimum absolute atomic E-state index is 0.250. The molecule has 1 aromatic heterocycles. The number of hydrogen-bond acceptors (Lipinski definition) is 5. The highest BCUT2D eigenvalue weighted by Gasteiger charge is 2.08. The highest BCUT2D eigenvalue weighted by molar-refractivity contribution is 7.15. The maximum absolute atomic E-state index is 7.57. The fourth-order valence-electron chi connectivity index (χ4n) is 1.40. The molecular weight excluding hydrogens is 248 g/mol. The molecule has 2 rings (SSSR count). The maximum atomic E-state index is 7.57. The molecule has 0 atom stereocenters. The number of nitrogen functional groups attached to an aromatic ring is 1. The number of ether oxygens (including phenoxy) is 1. The number of anilines is 1. The molecule has 0 unspecified atom stereocenters. The molecule has 98 valence electrons. The Bertz CT molecular complexity index is 497. The van der Waals surface area contributed by atoms with Gasteiger partial charge in [-0.15, -0.1) is 11.3 Å². The number of aromatic nitrogens is 1. The van der Waals surface area contributed by atoms with E-state index in [0.717, 1.165) is 21.2 Å². The largest absolute Gasteiger partial charge is 0.496 e. The van der Waals surface area contributed by atoms with Gasteiger partial charge in [0.15, 0.2) is 0 Å². The molecule has 1 aromatic carbocycles. The van der Waals surface area contributed by atoms with Crippen molar-refractivity contribution in [3.63, 3.8) is 0 Å². The monoisotopic (exact) mass is 266 g/mol. The highest BCUT2D eigenvalue weighted by atomic mass is 32.1. The number of nitrogens with zero attached hydrogens (tertiary/aromatic N) is 1. The summed E-state index contributed by atoms with van der Waals surface area (Å²) in [4.78, 5) is 5.32. The number of aliphatic hydroxyl groups excluding tert-OH is 1. The summed E-state index contributed by atoms with van der Waals surface area (Å²) in [7, 11) is 1.65. The molecule has 0 radical (unpaired) electrons. The Morgan fingerprint density at radius 2 is 2.11 bits per heavy atom. The Morgan fingerprint density at radius 3 is 2.61 bits per heavy atom. The zero-order chi connectivity index (χ0) is 13.5. The summed E-state index contributed by atoms with van der Waals surface area (Å²) < 4.78 is 5.29. The third-order valence-electron chi connectivity index (χ3n) is 2.11. The van der Waals surface area contributed by atoms with Crippen LogP contribution < -0.4 is 10.5 Å². The van der Waals surface area contributed by atoms with Gasteiger partial charge in [0.1, 0.15) is 5.75 Å². The van der Waals surface area contributed by atoms with Crippen molar-refractivity contribution in [3.8, 4) is 16.2 Å². The average molecular weight is 266 g/mol. The molecule has 0 aliphatic heterocycles. The lowest BCUT2D eigenvalue weighted by molar-refractivity contribution is 0.318. The lowest BCUT2D eigenvalue weighted by Crippen LogP contribution is -1.90. The second-order valence-corrected chi connectivity index (χ2v) is 4.75. The number of aryl methyl sites for hydroxylation is 1. The molecule has 0 fully saturated rings. The van der Waals surface area contributed by atoms with Gasteiger partial charge in [0, 0.05) is 30.1 Å². The van der Waals surface area contributed by atoms with Crippen molar-refractivity contribution < 1.29 is 9.84 Å². The van der Waals surface area contributed by atoms with Gasteiger partial charge in [0.2, 0.25) is 0 Å². The van der Waals surface area contributed by atoms with Crippen LogP contribution in [-0.4, -0.2) is 23.8 Å². The molecule has 5 heteroatoms. The first kappa shape index (κ1) is 14.5. The normalized spacial score (nSPS) is 9.56. The molecule has 0 saturated carbocycles. The van der Waals surface area contributed by atoms with Gasteiger partial charge >= 0.3 is 0 Å². The van der Waals surface area contributed by atoms with Crippen molar-refractivity contribution in [2.24, 2.45) is 0 Å². The minimum atomic E-state index is 0.250. The van der Waals surface area contributed by atoms with E-state index in [1.807, 2.05) is 31.3 Å². The number of methoxy groups -OCH3 is 1. The van der Waals surface area contributed by atoms with E-state index in [9.17, 15) is 0 Å². The standard InChI is InChI=1S/C11H12N2OS.C2H6O/c1-7-13-6-11(15-7)9-4-3-8(12)5-10(9)14-2;1-2-3/h3-6H,12H2,1-2H3;3H,2H2,1H3. The van der Waals surface area contributed by atoms with Gasteiger partial charge in [-0.3, -0.25) is 0 Å². The first-order valence-corrected chi connectivity index (χ1v) is 6.41. The Hall–Kier alpha value is -1.59. The quantitative estimate of drug-likeness (QED) is 0.820. The summed E-state index contributed by atoms with van der Waals surface area (Å²) in [6, 6.07) is 5.65. The van der Waals surface area contributed by atoms with Crippen LogP contribution in [0.1, 0.15) is 11.9 Å². The molecule has 0 saturated heterocycles. The third kappa shape index (κ3) is 3.72. The molecule has 18 heavy (non-hydrogen) atoms. The molecule has 0 aliphatic rings. The van der Waals surface area contributed by atoms with E-state index in [-0.39, 0.29) is 6.61 Å². The first-order valence-electron chi connectivity index (χ1n) is 5.59. The second-order valence-electron chi connectivity index (χ2n) is 3.52. The highest BCUT2D eigenvalue weighted by Crippen LogP contribution is 2.34. The van der Waals surface area contributed by atoms with Crippen LogP contribution in [0.5, 0.6) is 5.75 Å². The topological polar surface area (TPSA) is 68.4 Å². The van der Waals surface area contributed by atoms with Crippen molar-refractivity contribution in [1.82, 2.24) is 4.98 Å². The average Bonchev–Trinajstić information content (AvgIpc) is 2.76. The van der Waals surface area contributed by atoms with Crippen molar-refractivity contribution >= 4 is 17.0 Å². The summed E-state index contributed by atoms with van der Waals surface area (Å²) >= 11 is 1.64. The zero-order valence-electron chi connectivity index (χ0n) is 10.8. The molecule has 0 spiro atoms. The van der Waals surface area contributed by atoms with Gasteiger partial charge in [0.05, 0.1) is 17.0 Å². The third-order valence-corrected chi connectivity index (χ3v) is 3.06. The van der Waals surface area contributed by atoms with E-state index in [2.05, 4.69) is 4.98 Å². The van der Waals surface area contributed by atoms with Crippen LogP contribution in [0.15, 0.2) is 24.4 Å². The first-order chi connectivity index (χ1) is 8.62. The van der Waals surface area contributed by atoms with E-state index < -0.39 is 0 Å². The van der Waals surface area contributed by atoms with Crippen molar-refractivity contribution in [2.45, 2.75) is 13.8 Å². The smallest absolute Gasteiger partial charge is 0.129 e. The van der Waals surface area contributed by atoms with Crippen LogP contribution in [0.25, 0.3) is 10.4 Å². The number of nitrogens with two attached hydrogens (primary N) is 1. The van der Waals surface area contributed by atoms with Gasteiger partial charge < -0.3 is 15.6 Å². The maximum Gasteiger partial charge on any atom is 0.129 e. The molecular formula is C13H18N2O2S. The molecule has 0 amide bonds. The lowest BCUT2D eigenvalue weighted by Gasteiger charge is -2.06. The fourth-order valence-corrected chi connectivity index (χ4v) is 2.20. The van der Waals surface area contributed by atoms with Gasteiger partial charge in [-0.05, 0) is 26.0 Å². The molecule has 2 aromatic rings. The summed E-state index contributed by atoms with van der Waals surface area (Å²) in [5.74, 6) is 0.790. The summed E-state index contributed by atoms with van der Waals surface area (Å²) in [6.45, 7) is 3.91.